The molecular formula is C20H19N3O2S. The maximum absolute atomic E-state index is 5.83. The first kappa shape index (κ1) is 16.7. The van der Waals surface area contributed by atoms with Crippen molar-refractivity contribution in [1.29, 1.82) is 0 Å². The molecule has 132 valence electrons. The summed E-state index contributed by atoms with van der Waals surface area (Å²) in [4.78, 5) is 10.8. The molecule has 1 aliphatic rings. The third-order valence-corrected chi connectivity index (χ3v) is 4.76. The van der Waals surface area contributed by atoms with Crippen molar-refractivity contribution in [2.75, 3.05) is 30.9 Å². The van der Waals surface area contributed by atoms with Gasteiger partial charge in [-0.15, -0.1) is 11.8 Å². The van der Waals surface area contributed by atoms with Gasteiger partial charge in [0.15, 0.2) is 5.58 Å². The SMILES string of the molecule is CN(CCOc1ccc(C=C2CSC=N2)cc1)c1nc2ccccc2o1. The molecular weight excluding hydrogens is 346 g/mol. The third kappa shape index (κ3) is 3.91. The van der Waals surface area contributed by atoms with E-state index < -0.39 is 0 Å². The van der Waals surface area contributed by atoms with Gasteiger partial charge in [0.25, 0.3) is 6.01 Å². The number of thioether (sulfide) groups is 1. The number of rotatable bonds is 6. The first-order chi connectivity index (χ1) is 12.8. The molecule has 0 atom stereocenters. The van der Waals surface area contributed by atoms with Gasteiger partial charge in [-0.25, -0.2) is 0 Å². The second kappa shape index (κ2) is 7.66. The smallest absolute Gasteiger partial charge is 0.298 e. The highest BCUT2D eigenvalue weighted by Crippen LogP contribution is 2.21. The van der Waals surface area contributed by atoms with Crippen LogP contribution >= 0.6 is 11.8 Å². The van der Waals surface area contributed by atoms with E-state index in [4.69, 9.17) is 9.15 Å². The number of ether oxygens (including phenoxy) is 1. The summed E-state index contributed by atoms with van der Waals surface area (Å²) >= 11 is 1.72. The highest BCUT2D eigenvalue weighted by molar-refractivity contribution is 8.12. The van der Waals surface area contributed by atoms with Crippen LogP contribution in [0.3, 0.4) is 0 Å². The van der Waals surface area contributed by atoms with Crippen molar-refractivity contribution in [3.05, 3.63) is 59.8 Å². The normalized spacial score (nSPS) is 15.0. The summed E-state index contributed by atoms with van der Waals surface area (Å²) in [5.41, 5.74) is 5.78. The molecule has 2 heterocycles. The van der Waals surface area contributed by atoms with Gasteiger partial charge < -0.3 is 14.1 Å². The largest absolute Gasteiger partial charge is 0.492 e. The van der Waals surface area contributed by atoms with Crippen LogP contribution in [0.4, 0.5) is 6.01 Å². The maximum atomic E-state index is 5.83. The lowest BCUT2D eigenvalue weighted by Crippen LogP contribution is -2.23. The number of aromatic nitrogens is 1. The highest BCUT2D eigenvalue weighted by atomic mass is 32.2. The zero-order chi connectivity index (χ0) is 17.8. The van der Waals surface area contributed by atoms with E-state index in [1.54, 1.807) is 11.8 Å². The van der Waals surface area contributed by atoms with Crippen molar-refractivity contribution in [2.45, 2.75) is 0 Å². The molecule has 2 aromatic carbocycles. The number of benzene rings is 2. The molecule has 3 aromatic rings. The van der Waals surface area contributed by atoms with Gasteiger partial charge in [-0.3, -0.25) is 4.99 Å². The van der Waals surface area contributed by atoms with Crippen LogP contribution in [0.1, 0.15) is 5.56 Å². The second-order valence-corrected chi connectivity index (χ2v) is 6.82. The summed E-state index contributed by atoms with van der Waals surface area (Å²) < 4.78 is 11.6. The van der Waals surface area contributed by atoms with E-state index in [1.807, 2.05) is 66.0 Å². The quantitative estimate of drug-likeness (QED) is 0.645. The summed E-state index contributed by atoms with van der Waals surface area (Å²) in [6, 6.07) is 16.4. The van der Waals surface area contributed by atoms with Crippen LogP contribution in [0.25, 0.3) is 17.2 Å². The van der Waals surface area contributed by atoms with E-state index in [0.29, 0.717) is 19.2 Å². The number of hydrogen-bond acceptors (Lipinski definition) is 6. The number of hydrogen-bond donors (Lipinski definition) is 0. The highest BCUT2D eigenvalue weighted by Gasteiger charge is 2.10. The Kier molecular flexibility index (Phi) is 4.93. The Labute approximate surface area is 156 Å². The van der Waals surface area contributed by atoms with Crippen LogP contribution in [0, 0.1) is 0 Å². The minimum Gasteiger partial charge on any atom is -0.492 e. The fraction of sp³-hybridized carbons (Fsp3) is 0.200. The molecule has 1 aromatic heterocycles. The van der Waals surface area contributed by atoms with Gasteiger partial charge in [-0.05, 0) is 35.9 Å². The van der Waals surface area contributed by atoms with Crippen LogP contribution in [0.5, 0.6) is 5.75 Å². The van der Waals surface area contributed by atoms with Crippen molar-refractivity contribution < 1.29 is 9.15 Å². The molecule has 0 radical (unpaired) electrons. The van der Waals surface area contributed by atoms with Gasteiger partial charge in [0.05, 0.1) is 17.8 Å². The molecule has 0 aliphatic carbocycles. The number of fused-ring (bicyclic) bond motifs is 1. The Hall–Kier alpha value is -2.73. The Morgan fingerprint density at radius 2 is 2.04 bits per heavy atom. The summed E-state index contributed by atoms with van der Waals surface area (Å²) in [5.74, 6) is 1.79. The average molecular weight is 365 g/mol. The number of nitrogens with zero attached hydrogens (tertiary/aromatic N) is 3. The number of anilines is 1. The zero-order valence-electron chi connectivity index (χ0n) is 14.5. The summed E-state index contributed by atoms with van der Waals surface area (Å²) in [7, 11) is 1.95. The van der Waals surface area contributed by atoms with Crippen molar-refractivity contribution in [1.82, 2.24) is 4.98 Å². The molecule has 0 unspecified atom stereocenters. The molecule has 0 spiro atoms. The monoisotopic (exact) mass is 365 g/mol. The predicted molar refractivity (Wildman–Crippen MR) is 108 cm³/mol. The molecule has 1 aliphatic heterocycles. The number of oxazole rings is 1. The summed E-state index contributed by atoms with van der Waals surface area (Å²) in [5, 5.41) is 0. The Morgan fingerprint density at radius 1 is 1.19 bits per heavy atom. The first-order valence-electron chi connectivity index (χ1n) is 8.42. The lowest BCUT2D eigenvalue weighted by atomic mass is 10.2. The average Bonchev–Trinajstić information content (AvgIpc) is 3.32. The van der Waals surface area contributed by atoms with Crippen LogP contribution < -0.4 is 9.64 Å². The molecule has 0 N–H and O–H groups in total. The molecule has 4 rings (SSSR count). The Balaban J connectivity index is 1.31. The zero-order valence-corrected chi connectivity index (χ0v) is 15.3. The third-order valence-electron chi connectivity index (χ3n) is 4.04. The van der Waals surface area contributed by atoms with E-state index in [0.717, 1.165) is 33.9 Å². The van der Waals surface area contributed by atoms with E-state index in [9.17, 15) is 0 Å². The maximum Gasteiger partial charge on any atom is 0.298 e. The minimum atomic E-state index is 0.552. The molecule has 0 fully saturated rings. The molecule has 0 bridgehead atoms. The lowest BCUT2D eigenvalue weighted by molar-refractivity contribution is 0.323. The van der Waals surface area contributed by atoms with E-state index >= 15 is 0 Å². The second-order valence-electron chi connectivity index (χ2n) is 5.98. The number of aliphatic imine (C=N–C) groups is 1. The summed E-state index contributed by atoms with van der Waals surface area (Å²) in [6.45, 7) is 1.24. The molecule has 5 nitrogen and oxygen atoms in total. The number of likely N-dealkylation sites (N-methyl/N-ethyl adjacent to an activating group) is 1. The van der Waals surface area contributed by atoms with Crippen LogP contribution in [0.2, 0.25) is 0 Å². The fourth-order valence-corrected chi connectivity index (χ4v) is 3.23. The van der Waals surface area contributed by atoms with Crippen molar-refractivity contribution >= 4 is 40.5 Å². The van der Waals surface area contributed by atoms with Crippen molar-refractivity contribution in [3.63, 3.8) is 0 Å². The van der Waals surface area contributed by atoms with Crippen LogP contribution in [-0.2, 0) is 0 Å². The van der Waals surface area contributed by atoms with E-state index in [2.05, 4.69) is 16.1 Å². The fourth-order valence-electron chi connectivity index (χ4n) is 2.62. The number of para-hydroxylation sites is 2. The molecule has 6 heteroatoms. The van der Waals surface area contributed by atoms with Gasteiger partial charge in [-0.1, -0.05) is 24.3 Å². The lowest BCUT2D eigenvalue weighted by Gasteiger charge is -2.14. The van der Waals surface area contributed by atoms with Crippen molar-refractivity contribution in [2.24, 2.45) is 4.99 Å². The van der Waals surface area contributed by atoms with Crippen LogP contribution in [0.15, 0.2) is 63.6 Å². The van der Waals surface area contributed by atoms with Crippen LogP contribution in [-0.4, -0.2) is 36.5 Å². The molecule has 0 saturated carbocycles. The van der Waals surface area contributed by atoms with Crippen molar-refractivity contribution in [3.8, 4) is 5.75 Å². The Bertz CT molecular complexity index is 914. The molecule has 0 amide bonds. The topological polar surface area (TPSA) is 50.9 Å². The standard InChI is InChI=1S/C20H19N3O2S/c1-23(20-22-18-4-2-3-5-19(18)25-20)10-11-24-17-8-6-15(7-9-17)12-16-13-26-14-21-16/h2-9,12,14H,10-11,13H2,1H3. The summed E-state index contributed by atoms with van der Waals surface area (Å²) in [6.07, 6.45) is 2.10. The first-order valence-corrected chi connectivity index (χ1v) is 9.47. The molecule has 26 heavy (non-hydrogen) atoms. The molecule has 0 saturated heterocycles. The van der Waals surface area contributed by atoms with Gasteiger partial charge in [0.2, 0.25) is 0 Å². The van der Waals surface area contributed by atoms with Gasteiger partial charge >= 0.3 is 0 Å². The Morgan fingerprint density at radius 3 is 2.81 bits per heavy atom. The van der Waals surface area contributed by atoms with Gasteiger partial charge in [0, 0.05) is 12.8 Å². The minimum absolute atomic E-state index is 0.552. The van der Waals surface area contributed by atoms with E-state index in [1.165, 1.54) is 0 Å². The predicted octanol–water partition coefficient (Wildman–Crippen LogP) is 4.46. The van der Waals surface area contributed by atoms with Gasteiger partial charge in [0.1, 0.15) is 17.9 Å². The van der Waals surface area contributed by atoms with E-state index in [-0.39, 0.29) is 0 Å². The van der Waals surface area contributed by atoms with Gasteiger partial charge in [-0.2, -0.15) is 4.98 Å².